The predicted octanol–water partition coefficient (Wildman–Crippen LogP) is 4.30. The maximum absolute atomic E-state index is 3.82. The normalized spacial score (nSPS) is 19.1. The van der Waals surface area contributed by atoms with Crippen molar-refractivity contribution in [3.8, 4) is 0 Å². The highest BCUT2D eigenvalue weighted by Gasteiger charge is 2.45. The fourth-order valence-corrected chi connectivity index (χ4v) is 4.30. The number of hydrogen-bond donors (Lipinski definition) is 1. The van der Waals surface area contributed by atoms with Crippen LogP contribution in [0.1, 0.15) is 63.6 Å². The second kappa shape index (κ2) is 7.42. The van der Waals surface area contributed by atoms with Crippen LogP contribution in [0, 0.1) is 6.92 Å². The number of nitrogens with one attached hydrogen (secondary N) is 1. The summed E-state index contributed by atoms with van der Waals surface area (Å²) in [7, 11) is 0. The van der Waals surface area contributed by atoms with Gasteiger partial charge in [-0.1, -0.05) is 63.4 Å². The third-order valence-corrected chi connectivity index (χ3v) is 5.18. The molecule has 0 amide bonds. The number of nitrogens with zero attached hydrogens (tertiary/aromatic N) is 1. The molecule has 21 heavy (non-hydrogen) atoms. The molecule has 0 saturated heterocycles. The van der Waals surface area contributed by atoms with Crippen LogP contribution in [0.25, 0.3) is 0 Å². The number of hydrogen-bond acceptors (Lipinski definition) is 2. The van der Waals surface area contributed by atoms with Crippen LogP contribution in [0.5, 0.6) is 0 Å². The van der Waals surface area contributed by atoms with Crippen molar-refractivity contribution in [1.29, 1.82) is 0 Å². The molecule has 1 atom stereocenters. The minimum atomic E-state index is 0.299. The van der Waals surface area contributed by atoms with Crippen molar-refractivity contribution < 1.29 is 0 Å². The minimum Gasteiger partial charge on any atom is -0.309 e. The average molecular weight is 288 g/mol. The Kier molecular flexibility index (Phi) is 5.83. The lowest BCUT2D eigenvalue weighted by Gasteiger charge is -2.47. The fourth-order valence-electron chi connectivity index (χ4n) is 4.30. The third-order valence-electron chi connectivity index (χ3n) is 5.18. The Bertz CT molecular complexity index is 431. The first-order valence-electron chi connectivity index (χ1n) is 8.73. The topological polar surface area (TPSA) is 15.3 Å². The predicted molar refractivity (Wildman–Crippen MR) is 91.7 cm³/mol. The SMILES string of the molecule is CCNC(c1cccc(C)c1)C1(N(CC)CC)CCCC1. The van der Waals surface area contributed by atoms with Crippen LogP contribution < -0.4 is 5.32 Å². The highest BCUT2D eigenvalue weighted by atomic mass is 15.2. The summed E-state index contributed by atoms with van der Waals surface area (Å²) >= 11 is 0. The van der Waals surface area contributed by atoms with Crippen molar-refractivity contribution in [3.05, 3.63) is 35.4 Å². The van der Waals surface area contributed by atoms with E-state index in [1.54, 1.807) is 0 Å². The minimum absolute atomic E-state index is 0.299. The summed E-state index contributed by atoms with van der Waals surface area (Å²) in [4.78, 5) is 2.70. The first kappa shape index (κ1) is 16.5. The molecule has 2 rings (SSSR count). The number of rotatable bonds is 7. The van der Waals surface area contributed by atoms with Gasteiger partial charge in [-0.2, -0.15) is 0 Å². The van der Waals surface area contributed by atoms with Gasteiger partial charge in [0.15, 0.2) is 0 Å². The summed E-state index contributed by atoms with van der Waals surface area (Å²) in [6, 6.07) is 9.54. The van der Waals surface area contributed by atoms with Crippen LogP contribution in [-0.2, 0) is 0 Å². The Morgan fingerprint density at radius 1 is 1.14 bits per heavy atom. The first-order chi connectivity index (χ1) is 10.2. The van der Waals surface area contributed by atoms with Gasteiger partial charge in [-0.15, -0.1) is 0 Å². The Morgan fingerprint density at radius 3 is 2.33 bits per heavy atom. The van der Waals surface area contributed by atoms with Crippen molar-refractivity contribution in [2.75, 3.05) is 19.6 Å². The molecule has 0 bridgehead atoms. The summed E-state index contributed by atoms with van der Waals surface area (Å²) in [5, 5.41) is 3.82. The van der Waals surface area contributed by atoms with Crippen LogP contribution in [0.4, 0.5) is 0 Å². The fraction of sp³-hybridized carbons (Fsp3) is 0.684. The zero-order valence-corrected chi connectivity index (χ0v) is 14.3. The van der Waals surface area contributed by atoms with Gasteiger partial charge in [0.25, 0.3) is 0 Å². The molecule has 1 fully saturated rings. The van der Waals surface area contributed by atoms with Crippen molar-refractivity contribution >= 4 is 0 Å². The van der Waals surface area contributed by atoms with Gasteiger partial charge >= 0.3 is 0 Å². The maximum atomic E-state index is 3.82. The smallest absolute Gasteiger partial charge is 0.0507 e. The molecule has 1 aromatic rings. The second-order valence-corrected chi connectivity index (χ2v) is 6.39. The van der Waals surface area contributed by atoms with E-state index >= 15 is 0 Å². The van der Waals surface area contributed by atoms with Crippen LogP contribution >= 0.6 is 0 Å². The van der Waals surface area contributed by atoms with E-state index in [1.165, 1.54) is 36.8 Å². The van der Waals surface area contributed by atoms with E-state index in [-0.39, 0.29) is 0 Å². The highest BCUT2D eigenvalue weighted by Crippen LogP contribution is 2.44. The summed E-state index contributed by atoms with van der Waals surface area (Å²) in [6.07, 6.45) is 5.37. The lowest BCUT2D eigenvalue weighted by atomic mass is 9.81. The van der Waals surface area contributed by atoms with Gasteiger partial charge in [0.1, 0.15) is 0 Å². The number of likely N-dealkylation sites (N-methyl/N-ethyl adjacent to an activating group) is 2. The molecule has 2 heteroatoms. The highest BCUT2D eigenvalue weighted by molar-refractivity contribution is 5.29. The van der Waals surface area contributed by atoms with Gasteiger partial charge in [-0.3, -0.25) is 4.90 Å². The monoisotopic (exact) mass is 288 g/mol. The van der Waals surface area contributed by atoms with Gasteiger partial charge in [0.2, 0.25) is 0 Å². The molecule has 2 nitrogen and oxygen atoms in total. The van der Waals surface area contributed by atoms with E-state index in [1.807, 2.05) is 0 Å². The molecule has 1 saturated carbocycles. The standard InChI is InChI=1S/C19H32N2/c1-5-20-18(17-12-10-11-16(4)15-17)19(13-8-9-14-19)21(6-2)7-3/h10-12,15,18,20H,5-9,13-14H2,1-4H3. The van der Waals surface area contributed by atoms with Crippen molar-refractivity contribution in [2.24, 2.45) is 0 Å². The van der Waals surface area contributed by atoms with E-state index in [2.05, 4.69) is 62.2 Å². The second-order valence-electron chi connectivity index (χ2n) is 6.39. The molecular formula is C19H32N2. The molecular weight excluding hydrogens is 256 g/mol. The summed E-state index contributed by atoms with van der Waals surface area (Å²) < 4.78 is 0. The van der Waals surface area contributed by atoms with Crippen LogP contribution in [0.3, 0.4) is 0 Å². The van der Waals surface area contributed by atoms with E-state index < -0.39 is 0 Å². The molecule has 0 aliphatic heterocycles. The molecule has 0 heterocycles. The zero-order chi connectivity index (χ0) is 15.3. The molecule has 1 aliphatic carbocycles. The molecule has 0 aromatic heterocycles. The van der Waals surface area contributed by atoms with E-state index in [9.17, 15) is 0 Å². The van der Waals surface area contributed by atoms with Gasteiger partial charge in [-0.25, -0.2) is 0 Å². The number of benzene rings is 1. The van der Waals surface area contributed by atoms with Crippen molar-refractivity contribution in [2.45, 2.75) is 65.0 Å². The Morgan fingerprint density at radius 2 is 1.81 bits per heavy atom. The zero-order valence-electron chi connectivity index (χ0n) is 14.3. The van der Waals surface area contributed by atoms with Crippen LogP contribution in [0.15, 0.2) is 24.3 Å². The van der Waals surface area contributed by atoms with Gasteiger partial charge in [0.05, 0.1) is 6.04 Å². The molecule has 1 unspecified atom stereocenters. The van der Waals surface area contributed by atoms with Gasteiger partial charge < -0.3 is 5.32 Å². The van der Waals surface area contributed by atoms with Crippen LogP contribution in [-0.4, -0.2) is 30.1 Å². The maximum Gasteiger partial charge on any atom is 0.0507 e. The number of aryl methyl sites for hydroxylation is 1. The molecule has 1 N–H and O–H groups in total. The van der Waals surface area contributed by atoms with Gasteiger partial charge in [-0.05, 0) is 45.0 Å². The van der Waals surface area contributed by atoms with E-state index in [0.29, 0.717) is 11.6 Å². The van der Waals surface area contributed by atoms with E-state index in [0.717, 1.165) is 19.6 Å². The average Bonchev–Trinajstić information content (AvgIpc) is 2.96. The summed E-state index contributed by atoms with van der Waals surface area (Å²) in [5.74, 6) is 0. The largest absolute Gasteiger partial charge is 0.309 e. The summed E-state index contributed by atoms with van der Waals surface area (Å²) in [6.45, 7) is 12.4. The quantitative estimate of drug-likeness (QED) is 0.804. The molecule has 118 valence electrons. The Balaban J connectivity index is 2.41. The van der Waals surface area contributed by atoms with Crippen molar-refractivity contribution in [1.82, 2.24) is 10.2 Å². The van der Waals surface area contributed by atoms with Crippen LogP contribution in [0.2, 0.25) is 0 Å². The lowest BCUT2D eigenvalue weighted by molar-refractivity contribution is 0.0632. The molecule has 0 spiro atoms. The van der Waals surface area contributed by atoms with Crippen molar-refractivity contribution in [3.63, 3.8) is 0 Å². The Hall–Kier alpha value is -0.860. The van der Waals surface area contributed by atoms with Gasteiger partial charge in [0, 0.05) is 5.54 Å². The molecule has 0 radical (unpaired) electrons. The third kappa shape index (κ3) is 3.32. The Labute approximate surface area is 130 Å². The molecule has 1 aliphatic rings. The first-order valence-corrected chi connectivity index (χ1v) is 8.73. The van der Waals surface area contributed by atoms with E-state index in [4.69, 9.17) is 0 Å². The summed E-state index contributed by atoms with van der Waals surface area (Å²) in [5.41, 5.74) is 3.13. The lowest BCUT2D eigenvalue weighted by Crippen LogP contribution is -2.55. The molecule has 1 aromatic carbocycles.